The molecule has 70 valence electrons. The first-order chi connectivity index (χ1) is 5.73. The van der Waals surface area contributed by atoms with Crippen molar-refractivity contribution in [3.8, 4) is 0 Å². The zero-order valence-electron chi connectivity index (χ0n) is 7.75. The van der Waals surface area contributed by atoms with Gasteiger partial charge in [0.05, 0.1) is 18.3 Å². The van der Waals surface area contributed by atoms with Gasteiger partial charge in [0, 0.05) is 5.92 Å². The lowest BCUT2D eigenvalue weighted by molar-refractivity contribution is -0.0541. The van der Waals surface area contributed by atoms with E-state index in [0.29, 0.717) is 5.92 Å². The second-order valence-corrected chi connectivity index (χ2v) is 4.31. The molecule has 1 heterocycles. The maximum Gasteiger partial charge on any atom is 0.0955 e. The third-order valence-corrected chi connectivity index (χ3v) is 3.50. The molecule has 0 spiro atoms. The van der Waals surface area contributed by atoms with Crippen LogP contribution in [0.1, 0.15) is 39.0 Å². The Hall–Kier alpha value is -0.0800. The molecule has 2 aliphatic rings. The number of ether oxygens (including phenoxy) is 1. The fraction of sp³-hybridized carbons (Fsp3) is 1.00. The maximum absolute atomic E-state index is 10.3. The minimum absolute atomic E-state index is 0.134. The number of rotatable bonds is 0. The van der Waals surface area contributed by atoms with E-state index in [1.165, 1.54) is 19.3 Å². The number of hydrogen-bond acceptors (Lipinski definition) is 2. The first-order valence-corrected chi connectivity index (χ1v) is 5.07. The first-order valence-electron chi connectivity index (χ1n) is 5.07. The lowest BCUT2D eigenvalue weighted by Gasteiger charge is -2.29. The number of hydrogen-bond donors (Lipinski definition) is 1. The zero-order chi connectivity index (χ0) is 8.60. The SMILES string of the molecule is CC1CO[C@H]2CCCCC[C@@]12O. The van der Waals surface area contributed by atoms with Crippen molar-refractivity contribution < 1.29 is 9.84 Å². The van der Waals surface area contributed by atoms with Gasteiger partial charge in [-0.3, -0.25) is 0 Å². The van der Waals surface area contributed by atoms with E-state index in [4.69, 9.17) is 4.74 Å². The van der Waals surface area contributed by atoms with Crippen molar-refractivity contribution in [1.82, 2.24) is 0 Å². The molecule has 1 unspecified atom stereocenters. The molecular formula is C10H18O2. The van der Waals surface area contributed by atoms with E-state index in [2.05, 4.69) is 6.92 Å². The predicted molar refractivity (Wildman–Crippen MR) is 46.9 cm³/mol. The Morgan fingerprint density at radius 3 is 3.00 bits per heavy atom. The summed E-state index contributed by atoms with van der Waals surface area (Å²) < 4.78 is 5.60. The Balaban J connectivity index is 2.15. The summed E-state index contributed by atoms with van der Waals surface area (Å²) in [5.74, 6) is 0.334. The maximum atomic E-state index is 10.3. The molecule has 2 fully saturated rings. The van der Waals surface area contributed by atoms with Gasteiger partial charge in [-0.05, 0) is 12.8 Å². The summed E-state index contributed by atoms with van der Waals surface area (Å²) in [6.45, 7) is 2.85. The molecule has 0 radical (unpaired) electrons. The van der Waals surface area contributed by atoms with Crippen molar-refractivity contribution in [2.45, 2.75) is 50.7 Å². The Labute approximate surface area is 73.9 Å². The molecule has 2 nitrogen and oxygen atoms in total. The molecule has 1 N–H and O–H groups in total. The molecule has 0 aromatic rings. The van der Waals surface area contributed by atoms with Crippen LogP contribution in [0.15, 0.2) is 0 Å². The zero-order valence-corrected chi connectivity index (χ0v) is 7.75. The molecule has 3 atom stereocenters. The van der Waals surface area contributed by atoms with Gasteiger partial charge in [0.15, 0.2) is 0 Å². The van der Waals surface area contributed by atoms with E-state index in [-0.39, 0.29) is 6.10 Å². The molecule has 0 aromatic heterocycles. The van der Waals surface area contributed by atoms with Crippen LogP contribution in [0.5, 0.6) is 0 Å². The number of aliphatic hydroxyl groups is 1. The highest BCUT2D eigenvalue weighted by atomic mass is 16.5. The lowest BCUT2D eigenvalue weighted by atomic mass is 9.83. The molecule has 1 aliphatic heterocycles. The lowest BCUT2D eigenvalue weighted by Crippen LogP contribution is -2.41. The van der Waals surface area contributed by atoms with Crippen molar-refractivity contribution in [1.29, 1.82) is 0 Å². The summed E-state index contributed by atoms with van der Waals surface area (Å²) in [6.07, 6.45) is 5.78. The summed E-state index contributed by atoms with van der Waals surface area (Å²) in [6, 6.07) is 0. The van der Waals surface area contributed by atoms with E-state index < -0.39 is 5.60 Å². The van der Waals surface area contributed by atoms with Gasteiger partial charge in [0.1, 0.15) is 0 Å². The second-order valence-electron chi connectivity index (χ2n) is 4.31. The van der Waals surface area contributed by atoms with E-state index in [1.807, 2.05) is 0 Å². The van der Waals surface area contributed by atoms with Crippen LogP contribution in [-0.2, 0) is 4.74 Å². The van der Waals surface area contributed by atoms with Crippen LogP contribution in [0.3, 0.4) is 0 Å². The summed E-state index contributed by atoms with van der Waals surface area (Å²) in [7, 11) is 0. The highest BCUT2D eigenvalue weighted by Gasteiger charge is 2.47. The molecule has 0 aromatic carbocycles. The second kappa shape index (κ2) is 3.00. The topological polar surface area (TPSA) is 29.5 Å². The molecule has 1 saturated heterocycles. The van der Waals surface area contributed by atoms with E-state index >= 15 is 0 Å². The Bertz CT molecular complexity index is 169. The van der Waals surface area contributed by atoms with Gasteiger partial charge in [-0.1, -0.05) is 26.2 Å². The Morgan fingerprint density at radius 2 is 2.17 bits per heavy atom. The molecule has 12 heavy (non-hydrogen) atoms. The summed E-state index contributed by atoms with van der Waals surface area (Å²) in [5.41, 5.74) is -0.490. The van der Waals surface area contributed by atoms with Crippen molar-refractivity contribution in [2.75, 3.05) is 6.61 Å². The predicted octanol–water partition coefficient (Wildman–Crippen LogP) is 1.72. The van der Waals surface area contributed by atoms with Gasteiger partial charge in [-0.2, -0.15) is 0 Å². The average molecular weight is 170 g/mol. The Morgan fingerprint density at radius 1 is 1.33 bits per heavy atom. The van der Waals surface area contributed by atoms with Crippen molar-refractivity contribution in [3.63, 3.8) is 0 Å². The van der Waals surface area contributed by atoms with Gasteiger partial charge in [0.25, 0.3) is 0 Å². The molecule has 2 heteroatoms. The van der Waals surface area contributed by atoms with Crippen LogP contribution >= 0.6 is 0 Å². The fourth-order valence-electron chi connectivity index (χ4n) is 2.52. The standard InChI is InChI=1S/C10H18O2/c1-8-7-12-9-5-3-2-4-6-10(8,9)11/h8-9,11H,2-7H2,1H3/t8?,9-,10+/m0/s1. The van der Waals surface area contributed by atoms with Crippen molar-refractivity contribution in [3.05, 3.63) is 0 Å². The monoisotopic (exact) mass is 170 g/mol. The molecule has 0 amide bonds. The van der Waals surface area contributed by atoms with Crippen LogP contribution in [0.2, 0.25) is 0 Å². The van der Waals surface area contributed by atoms with Crippen LogP contribution in [0.4, 0.5) is 0 Å². The fourth-order valence-corrected chi connectivity index (χ4v) is 2.52. The van der Waals surface area contributed by atoms with E-state index in [1.54, 1.807) is 0 Å². The molecule has 1 aliphatic carbocycles. The van der Waals surface area contributed by atoms with Gasteiger partial charge in [-0.15, -0.1) is 0 Å². The van der Waals surface area contributed by atoms with Crippen LogP contribution in [-0.4, -0.2) is 23.4 Å². The van der Waals surface area contributed by atoms with Gasteiger partial charge in [-0.25, -0.2) is 0 Å². The van der Waals surface area contributed by atoms with E-state index in [9.17, 15) is 5.11 Å². The van der Waals surface area contributed by atoms with Crippen LogP contribution in [0.25, 0.3) is 0 Å². The summed E-state index contributed by atoms with van der Waals surface area (Å²) >= 11 is 0. The molecule has 2 rings (SSSR count). The van der Waals surface area contributed by atoms with Crippen LogP contribution < -0.4 is 0 Å². The highest BCUT2D eigenvalue weighted by molar-refractivity contribution is 4.97. The minimum Gasteiger partial charge on any atom is -0.387 e. The first kappa shape index (κ1) is 8.52. The van der Waals surface area contributed by atoms with Gasteiger partial charge >= 0.3 is 0 Å². The third kappa shape index (κ3) is 1.17. The average Bonchev–Trinajstić information content (AvgIpc) is 2.24. The quantitative estimate of drug-likeness (QED) is 0.599. The Kier molecular flexibility index (Phi) is 2.13. The smallest absolute Gasteiger partial charge is 0.0955 e. The van der Waals surface area contributed by atoms with Crippen molar-refractivity contribution >= 4 is 0 Å². The highest BCUT2D eigenvalue weighted by Crippen LogP contribution is 2.40. The molecule has 0 bridgehead atoms. The largest absolute Gasteiger partial charge is 0.387 e. The van der Waals surface area contributed by atoms with Crippen molar-refractivity contribution in [2.24, 2.45) is 5.92 Å². The third-order valence-electron chi connectivity index (χ3n) is 3.50. The van der Waals surface area contributed by atoms with E-state index in [0.717, 1.165) is 19.4 Å². The van der Waals surface area contributed by atoms with Gasteiger partial charge < -0.3 is 9.84 Å². The number of fused-ring (bicyclic) bond motifs is 1. The summed E-state index contributed by atoms with van der Waals surface area (Å²) in [4.78, 5) is 0. The normalized spacial score (nSPS) is 48.5. The molecular weight excluding hydrogens is 152 g/mol. The summed E-state index contributed by atoms with van der Waals surface area (Å²) in [5, 5.41) is 10.3. The minimum atomic E-state index is -0.490. The van der Waals surface area contributed by atoms with Gasteiger partial charge in [0.2, 0.25) is 0 Å². The molecule has 1 saturated carbocycles. The van der Waals surface area contributed by atoms with Crippen LogP contribution in [0, 0.1) is 5.92 Å².